The molecule has 1 aliphatic rings. The lowest BCUT2D eigenvalue weighted by Gasteiger charge is -2.45. The molecule has 0 unspecified atom stereocenters. The van der Waals surface area contributed by atoms with Crippen molar-refractivity contribution in [2.24, 2.45) is 0 Å². The van der Waals surface area contributed by atoms with Crippen LogP contribution in [0.2, 0.25) is 5.04 Å². The highest BCUT2D eigenvalue weighted by Gasteiger charge is 2.53. The van der Waals surface area contributed by atoms with Gasteiger partial charge in [-0.15, -0.1) is 0 Å². The van der Waals surface area contributed by atoms with Crippen LogP contribution in [-0.4, -0.2) is 45.6 Å². The first-order valence-corrected chi connectivity index (χ1v) is 11.4. The maximum atomic E-state index is 9.56. The summed E-state index contributed by atoms with van der Waals surface area (Å²) in [6, 6.07) is 21.1. The number of rotatable bonds is 6. The molecule has 1 aliphatic heterocycles. The molecule has 1 fully saturated rings. The van der Waals surface area contributed by atoms with Gasteiger partial charge in [-0.25, -0.2) is 0 Å². The van der Waals surface area contributed by atoms with E-state index in [0.29, 0.717) is 6.42 Å². The number of hydrogen-bond donors (Lipinski definition) is 1. The van der Waals surface area contributed by atoms with Crippen LogP contribution in [0, 0.1) is 0 Å². The van der Waals surface area contributed by atoms with Crippen LogP contribution in [0.25, 0.3) is 0 Å². The van der Waals surface area contributed by atoms with Crippen molar-refractivity contribution in [1.82, 2.24) is 0 Å². The Morgan fingerprint density at radius 3 is 1.93 bits per heavy atom. The highest BCUT2D eigenvalue weighted by atomic mass is 28.4. The van der Waals surface area contributed by atoms with E-state index < -0.39 is 14.6 Å². The quantitative estimate of drug-likeness (QED) is 0.776. The molecule has 1 N–H and O–H groups in total. The van der Waals surface area contributed by atoms with Crippen molar-refractivity contribution in [3.05, 3.63) is 60.7 Å². The van der Waals surface area contributed by atoms with Gasteiger partial charge in [0.05, 0.1) is 18.8 Å². The fraction of sp³-hybridized carbons (Fsp3) is 0.455. The second-order valence-corrected chi connectivity index (χ2v) is 12.4. The van der Waals surface area contributed by atoms with Crippen LogP contribution in [0.1, 0.15) is 27.2 Å². The Labute approximate surface area is 163 Å². The van der Waals surface area contributed by atoms with E-state index in [1.807, 2.05) is 12.1 Å². The van der Waals surface area contributed by atoms with E-state index in [1.165, 1.54) is 10.4 Å². The largest absolute Gasteiger partial charge is 0.399 e. The van der Waals surface area contributed by atoms with Gasteiger partial charge in [0.2, 0.25) is 0 Å². The zero-order valence-corrected chi connectivity index (χ0v) is 17.6. The number of methoxy groups -OCH3 is 1. The summed E-state index contributed by atoms with van der Waals surface area (Å²) in [7, 11) is -1.03. The van der Waals surface area contributed by atoms with E-state index in [4.69, 9.17) is 13.9 Å². The molecular weight excluding hydrogens is 356 g/mol. The summed E-state index contributed by atoms with van der Waals surface area (Å²) in [6.45, 7) is 6.72. The minimum absolute atomic E-state index is 0.0273. The van der Waals surface area contributed by atoms with Crippen LogP contribution in [0.4, 0.5) is 0 Å². The first kappa shape index (κ1) is 20.2. The number of aliphatic hydroxyl groups is 1. The molecule has 0 amide bonds. The minimum Gasteiger partial charge on any atom is -0.399 e. The van der Waals surface area contributed by atoms with Crippen LogP contribution in [0.3, 0.4) is 0 Å². The Kier molecular flexibility index (Phi) is 6.18. The zero-order valence-electron chi connectivity index (χ0n) is 16.6. The van der Waals surface area contributed by atoms with Crippen molar-refractivity contribution in [3.8, 4) is 0 Å². The predicted molar refractivity (Wildman–Crippen MR) is 110 cm³/mol. The summed E-state index contributed by atoms with van der Waals surface area (Å²) in [5, 5.41) is 11.9. The SMILES string of the molecule is CO[C@H]1O[C@H](CO)C[C@H]1O[Si](c1ccccc1)(c1ccccc1)C(C)(C)C. The fourth-order valence-electron chi connectivity index (χ4n) is 4.05. The van der Waals surface area contributed by atoms with Crippen molar-refractivity contribution in [2.45, 2.75) is 50.7 Å². The molecule has 5 heteroatoms. The van der Waals surface area contributed by atoms with Crippen LogP contribution in [0.5, 0.6) is 0 Å². The third kappa shape index (κ3) is 3.88. The topological polar surface area (TPSA) is 47.9 Å². The van der Waals surface area contributed by atoms with Crippen molar-refractivity contribution in [3.63, 3.8) is 0 Å². The maximum absolute atomic E-state index is 9.56. The number of ether oxygens (including phenoxy) is 2. The summed E-state index contributed by atoms with van der Waals surface area (Å²) < 4.78 is 18.4. The lowest BCUT2D eigenvalue weighted by atomic mass is 10.2. The van der Waals surface area contributed by atoms with Gasteiger partial charge in [-0.05, 0) is 15.4 Å². The van der Waals surface area contributed by atoms with E-state index in [2.05, 4.69) is 69.3 Å². The predicted octanol–water partition coefficient (Wildman–Crippen LogP) is 2.69. The summed E-state index contributed by atoms with van der Waals surface area (Å²) in [6.07, 6.45) is -0.320. The molecule has 27 heavy (non-hydrogen) atoms. The van der Waals surface area contributed by atoms with E-state index in [1.54, 1.807) is 7.11 Å². The maximum Gasteiger partial charge on any atom is 0.261 e. The average molecular weight is 387 g/mol. The van der Waals surface area contributed by atoms with E-state index in [-0.39, 0.29) is 23.9 Å². The smallest absolute Gasteiger partial charge is 0.261 e. The molecule has 3 atom stereocenters. The van der Waals surface area contributed by atoms with Gasteiger partial charge in [-0.1, -0.05) is 81.4 Å². The highest BCUT2D eigenvalue weighted by Crippen LogP contribution is 2.39. The molecule has 1 saturated heterocycles. The summed E-state index contributed by atoms with van der Waals surface area (Å²) in [5.74, 6) is 0. The highest BCUT2D eigenvalue weighted by molar-refractivity contribution is 6.99. The number of hydrogen-bond acceptors (Lipinski definition) is 4. The van der Waals surface area contributed by atoms with Gasteiger partial charge >= 0.3 is 0 Å². The van der Waals surface area contributed by atoms with Crippen LogP contribution >= 0.6 is 0 Å². The van der Waals surface area contributed by atoms with Crippen molar-refractivity contribution >= 4 is 18.7 Å². The van der Waals surface area contributed by atoms with E-state index in [0.717, 1.165) is 0 Å². The van der Waals surface area contributed by atoms with Crippen molar-refractivity contribution in [1.29, 1.82) is 0 Å². The molecule has 0 spiro atoms. The van der Waals surface area contributed by atoms with Crippen molar-refractivity contribution < 1.29 is 19.0 Å². The van der Waals surface area contributed by atoms with Gasteiger partial charge in [0.25, 0.3) is 8.32 Å². The molecule has 3 rings (SSSR count). The van der Waals surface area contributed by atoms with Gasteiger partial charge in [-0.2, -0.15) is 0 Å². The second kappa shape index (κ2) is 8.25. The molecule has 1 heterocycles. The third-order valence-electron chi connectivity index (χ3n) is 5.31. The first-order chi connectivity index (χ1) is 12.9. The summed E-state index contributed by atoms with van der Waals surface area (Å²) >= 11 is 0. The molecule has 0 aliphatic carbocycles. The number of aliphatic hydroxyl groups excluding tert-OH is 1. The normalized spacial score (nSPS) is 23.5. The Morgan fingerprint density at radius 2 is 1.52 bits per heavy atom. The molecule has 0 bridgehead atoms. The molecule has 146 valence electrons. The first-order valence-electron chi connectivity index (χ1n) is 9.50. The van der Waals surface area contributed by atoms with Crippen LogP contribution in [0.15, 0.2) is 60.7 Å². The van der Waals surface area contributed by atoms with Crippen LogP contribution in [-0.2, 0) is 13.9 Å². The molecule has 0 saturated carbocycles. The van der Waals surface area contributed by atoms with E-state index in [9.17, 15) is 5.11 Å². The fourth-order valence-corrected chi connectivity index (χ4v) is 8.73. The molecular formula is C22H30O4Si. The van der Waals surface area contributed by atoms with Gasteiger partial charge in [0.1, 0.15) is 0 Å². The molecule has 0 aromatic heterocycles. The summed E-state index contributed by atoms with van der Waals surface area (Å²) in [5.41, 5.74) is 0. The number of benzene rings is 2. The lowest BCUT2D eigenvalue weighted by Crippen LogP contribution is -2.68. The van der Waals surface area contributed by atoms with Gasteiger partial charge in [-0.3, -0.25) is 0 Å². The molecule has 0 radical (unpaired) electrons. The Morgan fingerprint density at radius 1 is 1.00 bits per heavy atom. The molecule has 2 aromatic carbocycles. The summed E-state index contributed by atoms with van der Waals surface area (Å²) in [4.78, 5) is 0. The Bertz CT molecular complexity index is 675. The molecule has 2 aromatic rings. The van der Waals surface area contributed by atoms with Crippen molar-refractivity contribution in [2.75, 3.05) is 13.7 Å². The standard InChI is InChI=1S/C22H30O4Si/c1-22(2,3)27(18-11-7-5-8-12-18,19-13-9-6-10-14-19)26-20-15-17(16-23)25-21(20)24-4/h5-14,17,20-21,23H,15-16H2,1-4H3/t17-,20+,21-/m0/s1. The Hall–Kier alpha value is -1.50. The monoisotopic (exact) mass is 386 g/mol. The Balaban J connectivity index is 2.12. The van der Waals surface area contributed by atoms with Crippen LogP contribution < -0.4 is 10.4 Å². The van der Waals surface area contributed by atoms with E-state index >= 15 is 0 Å². The minimum atomic E-state index is -2.66. The lowest BCUT2D eigenvalue weighted by molar-refractivity contribution is -0.150. The molecule has 4 nitrogen and oxygen atoms in total. The zero-order chi connectivity index (χ0) is 19.5. The van der Waals surface area contributed by atoms with Gasteiger partial charge in [0, 0.05) is 13.5 Å². The second-order valence-electron chi connectivity index (χ2n) is 8.10. The van der Waals surface area contributed by atoms with Gasteiger partial charge in [0.15, 0.2) is 6.29 Å². The average Bonchev–Trinajstić information content (AvgIpc) is 3.08. The third-order valence-corrected chi connectivity index (χ3v) is 10.4. The van der Waals surface area contributed by atoms with Gasteiger partial charge < -0.3 is 19.0 Å².